The molecule has 0 aromatic carbocycles. The second-order valence-corrected chi connectivity index (χ2v) is 6.42. The first-order chi connectivity index (χ1) is 7.68. The first-order valence-corrected chi connectivity index (χ1v) is 6.71. The van der Waals surface area contributed by atoms with Crippen LogP contribution in [0.4, 0.5) is 8.78 Å². The molecule has 2 atom stereocenters. The molecule has 0 aromatic heterocycles. The van der Waals surface area contributed by atoms with Gasteiger partial charge in [-0.3, -0.25) is 0 Å². The second kappa shape index (κ2) is 5.07. The summed E-state index contributed by atoms with van der Waals surface area (Å²) < 4.78 is 27.8. The highest BCUT2D eigenvalue weighted by Gasteiger charge is 2.41. The molecule has 0 radical (unpaired) electrons. The summed E-state index contributed by atoms with van der Waals surface area (Å²) >= 11 is 0. The van der Waals surface area contributed by atoms with Gasteiger partial charge in [0.2, 0.25) is 5.92 Å². The Balaban J connectivity index is 2.98. The Morgan fingerprint density at radius 3 is 2.35 bits per heavy atom. The summed E-state index contributed by atoms with van der Waals surface area (Å²) in [6, 6.07) is 0. The molecule has 0 amide bonds. The largest absolute Gasteiger partial charge is 0.249 e. The predicted molar refractivity (Wildman–Crippen MR) is 69.3 cm³/mol. The van der Waals surface area contributed by atoms with Gasteiger partial charge in [-0.05, 0) is 37.0 Å². The average Bonchev–Trinajstić information content (AvgIpc) is 2.17. The van der Waals surface area contributed by atoms with E-state index in [1.807, 2.05) is 26.8 Å². The van der Waals surface area contributed by atoms with E-state index in [0.717, 1.165) is 6.42 Å². The van der Waals surface area contributed by atoms with Gasteiger partial charge in [0, 0.05) is 12.8 Å². The van der Waals surface area contributed by atoms with Crippen LogP contribution in [0.3, 0.4) is 0 Å². The lowest BCUT2D eigenvalue weighted by molar-refractivity contribution is -0.0560. The molecule has 1 rings (SSSR count). The van der Waals surface area contributed by atoms with Gasteiger partial charge in [0.15, 0.2) is 0 Å². The molecule has 0 bridgehead atoms. The number of allylic oxidation sites excluding steroid dienone is 2. The maximum Gasteiger partial charge on any atom is 0.249 e. The molecule has 0 saturated heterocycles. The highest BCUT2D eigenvalue weighted by Crippen LogP contribution is 2.45. The highest BCUT2D eigenvalue weighted by molar-refractivity contribution is 5.07. The normalized spacial score (nSPS) is 36.1. The van der Waals surface area contributed by atoms with E-state index in [2.05, 4.69) is 13.8 Å². The van der Waals surface area contributed by atoms with Crippen LogP contribution in [-0.4, -0.2) is 5.92 Å². The van der Waals surface area contributed by atoms with Crippen LogP contribution in [0.1, 0.15) is 60.3 Å². The first kappa shape index (κ1) is 14.7. The van der Waals surface area contributed by atoms with E-state index in [1.165, 1.54) is 5.57 Å². The predicted octanol–water partition coefficient (Wildman–Crippen LogP) is 5.44. The molecule has 0 aromatic rings. The van der Waals surface area contributed by atoms with Crippen molar-refractivity contribution < 1.29 is 8.78 Å². The molecule has 0 heterocycles. The Kier molecular flexibility index (Phi) is 4.38. The van der Waals surface area contributed by atoms with Crippen LogP contribution in [0.25, 0.3) is 0 Å². The molecule has 0 spiro atoms. The summed E-state index contributed by atoms with van der Waals surface area (Å²) in [5.41, 5.74) is 0.926. The van der Waals surface area contributed by atoms with Gasteiger partial charge >= 0.3 is 0 Å². The van der Waals surface area contributed by atoms with Gasteiger partial charge in [-0.15, -0.1) is 0 Å². The summed E-state index contributed by atoms with van der Waals surface area (Å²) in [6.45, 7) is 10.2. The molecule has 0 aliphatic heterocycles. The van der Waals surface area contributed by atoms with Crippen molar-refractivity contribution in [2.24, 2.45) is 17.3 Å². The van der Waals surface area contributed by atoms with Gasteiger partial charge in [-0.25, -0.2) is 8.78 Å². The van der Waals surface area contributed by atoms with Crippen molar-refractivity contribution in [1.29, 1.82) is 0 Å². The minimum atomic E-state index is -2.52. The molecule has 2 unspecified atom stereocenters. The maximum absolute atomic E-state index is 13.9. The van der Waals surface area contributed by atoms with Gasteiger partial charge in [0.25, 0.3) is 0 Å². The molecule has 100 valence electrons. The van der Waals surface area contributed by atoms with Crippen molar-refractivity contribution in [3.05, 3.63) is 11.6 Å². The van der Waals surface area contributed by atoms with Crippen molar-refractivity contribution in [2.75, 3.05) is 0 Å². The second-order valence-electron chi connectivity index (χ2n) is 6.42. The van der Waals surface area contributed by atoms with E-state index in [1.54, 1.807) is 0 Å². The zero-order chi connectivity index (χ0) is 13.3. The summed E-state index contributed by atoms with van der Waals surface area (Å²) in [7, 11) is 0. The quantitative estimate of drug-likeness (QED) is 0.498. The number of rotatable bonds is 0. The molecular formula is C15H26F2. The smallest absolute Gasteiger partial charge is 0.207 e. The number of alkyl halides is 2. The zero-order valence-corrected chi connectivity index (χ0v) is 11.8. The SMILES string of the molecule is C/C=C1/CCC(F)(F)CC(C)(C)C(C)CC1C. The van der Waals surface area contributed by atoms with E-state index < -0.39 is 5.92 Å². The fourth-order valence-corrected chi connectivity index (χ4v) is 2.93. The summed E-state index contributed by atoms with van der Waals surface area (Å²) in [5.74, 6) is -1.75. The van der Waals surface area contributed by atoms with Crippen molar-refractivity contribution in [2.45, 2.75) is 66.2 Å². The van der Waals surface area contributed by atoms with E-state index >= 15 is 0 Å². The molecule has 1 aliphatic carbocycles. The minimum absolute atomic E-state index is 0.00711. The van der Waals surface area contributed by atoms with Gasteiger partial charge in [-0.1, -0.05) is 39.3 Å². The van der Waals surface area contributed by atoms with Crippen molar-refractivity contribution in [3.8, 4) is 0 Å². The first-order valence-electron chi connectivity index (χ1n) is 6.71. The molecular weight excluding hydrogens is 218 g/mol. The molecule has 17 heavy (non-hydrogen) atoms. The molecule has 0 N–H and O–H groups in total. The van der Waals surface area contributed by atoms with E-state index in [-0.39, 0.29) is 18.3 Å². The summed E-state index contributed by atoms with van der Waals surface area (Å²) in [6.07, 6.45) is 3.63. The standard InChI is InChI=1S/C15H26F2/c1-6-13-7-8-15(16,17)10-14(4,5)12(3)9-11(13)2/h6,11-12H,7-10H2,1-5H3/b13-6-. The van der Waals surface area contributed by atoms with Crippen LogP contribution >= 0.6 is 0 Å². The Morgan fingerprint density at radius 2 is 1.82 bits per heavy atom. The van der Waals surface area contributed by atoms with Crippen LogP contribution in [0.15, 0.2) is 11.6 Å². The summed E-state index contributed by atoms with van der Waals surface area (Å²) in [5, 5.41) is 0. The lowest BCUT2D eigenvalue weighted by Crippen LogP contribution is -2.30. The fourth-order valence-electron chi connectivity index (χ4n) is 2.93. The minimum Gasteiger partial charge on any atom is -0.207 e. The number of hydrogen-bond donors (Lipinski definition) is 0. The molecule has 1 saturated carbocycles. The lowest BCUT2D eigenvalue weighted by Gasteiger charge is -2.35. The Hall–Kier alpha value is -0.400. The molecule has 1 fully saturated rings. The van der Waals surface area contributed by atoms with Gasteiger partial charge in [0.1, 0.15) is 0 Å². The Bertz CT molecular complexity index is 289. The van der Waals surface area contributed by atoms with Crippen molar-refractivity contribution in [1.82, 2.24) is 0 Å². The van der Waals surface area contributed by atoms with Crippen LogP contribution < -0.4 is 0 Å². The highest BCUT2D eigenvalue weighted by atomic mass is 19.3. The molecule has 1 aliphatic rings. The topological polar surface area (TPSA) is 0 Å². The third-order valence-corrected chi connectivity index (χ3v) is 4.54. The van der Waals surface area contributed by atoms with Crippen LogP contribution in [0, 0.1) is 17.3 Å². The van der Waals surface area contributed by atoms with Crippen LogP contribution in [0.2, 0.25) is 0 Å². The fraction of sp³-hybridized carbons (Fsp3) is 0.867. The number of hydrogen-bond acceptors (Lipinski definition) is 0. The summed E-state index contributed by atoms with van der Waals surface area (Å²) in [4.78, 5) is 0. The van der Waals surface area contributed by atoms with E-state index in [0.29, 0.717) is 18.3 Å². The van der Waals surface area contributed by atoms with Gasteiger partial charge in [0.05, 0.1) is 0 Å². The molecule has 2 heteroatoms. The van der Waals surface area contributed by atoms with Gasteiger partial charge < -0.3 is 0 Å². The van der Waals surface area contributed by atoms with E-state index in [4.69, 9.17) is 0 Å². The van der Waals surface area contributed by atoms with Crippen LogP contribution in [-0.2, 0) is 0 Å². The third-order valence-electron chi connectivity index (χ3n) is 4.54. The van der Waals surface area contributed by atoms with E-state index in [9.17, 15) is 8.78 Å². The van der Waals surface area contributed by atoms with Gasteiger partial charge in [-0.2, -0.15) is 0 Å². The Labute approximate surface area is 104 Å². The maximum atomic E-state index is 13.9. The molecule has 0 nitrogen and oxygen atoms in total. The van der Waals surface area contributed by atoms with Crippen LogP contribution in [0.5, 0.6) is 0 Å². The zero-order valence-electron chi connectivity index (χ0n) is 11.8. The monoisotopic (exact) mass is 244 g/mol. The lowest BCUT2D eigenvalue weighted by atomic mass is 9.72. The number of halogens is 2. The van der Waals surface area contributed by atoms with Crippen molar-refractivity contribution >= 4 is 0 Å². The third kappa shape index (κ3) is 3.79. The Morgan fingerprint density at radius 1 is 1.24 bits per heavy atom. The average molecular weight is 244 g/mol. The van der Waals surface area contributed by atoms with Crippen molar-refractivity contribution in [3.63, 3.8) is 0 Å².